The highest BCUT2D eigenvalue weighted by atomic mass is 32.2. The van der Waals surface area contributed by atoms with Gasteiger partial charge in [0.1, 0.15) is 5.82 Å². The van der Waals surface area contributed by atoms with Gasteiger partial charge in [0, 0.05) is 30.1 Å². The topological polar surface area (TPSA) is 98.0 Å². The van der Waals surface area contributed by atoms with Crippen molar-refractivity contribution in [3.63, 3.8) is 0 Å². The Hall–Kier alpha value is -1.83. The molecule has 0 aromatic carbocycles. The molecule has 1 aliphatic carbocycles. The quantitative estimate of drug-likeness (QED) is 0.505. The molecule has 7 nitrogen and oxygen atoms in total. The van der Waals surface area contributed by atoms with Crippen molar-refractivity contribution in [2.24, 2.45) is 0 Å². The van der Waals surface area contributed by atoms with Gasteiger partial charge in [0.25, 0.3) is 0 Å². The SMILES string of the molecule is CS(=O)c1ncc(/C=C/[N+](=O)[O-])c(NC2CCCC2)n1. The van der Waals surface area contributed by atoms with Gasteiger partial charge in [-0.15, -0.1) is 0 Å². The Balaban J connectivity index is 2.28. The number of nitrogens with one attached hydrogen (secondary N) is 1. The van der Waals surface area contributed by atoms with Crippen molar-refractivity contribution in [1.82, 2.24) is 9.97 Å². The third kappa shape index (κ3) is 3.83. The van der Waals surface area contributed by atoms with Gasteiger partial charge in [0.2, 0.25) is 11.4 Å². The molecule has 0 spiro atoms. The maximum atomic E-state index is 11.4. The lowest BCUT2D eigenvalue weighted by Gasteiger charge is -2.14. The summed E-state index contributed by atoms with van der Waals surface area (Å²) in [6.45, 7) is 0. The molecule has 0 bridgehead atoms. The van der Waals surface area contributed by atoms with Crippen molar-refractivity contribution in [2.45, 2.75) is 36.9 Å². The number of aromatic nitrogens is 2. The maximum Gasteiger partial charge on any atom is 0.235 e. The van der Waals surface area contributed by atoms with Crippen LogP contribution >= 0.6 is 0 Å². The number of nitro groups is 1. The summed E-state index contributed by atoms with van der Waals surface area (Å²) in [4.78, 5) is 18.1. The van der Waals surface area contributed by atoms with E-state index in [0.717, 1.165) is 31.9 Å². The van der Waals surface area contributed by atoms with Gasteiger partial charge in [-0.3, -0.25) is 14.3 Å². The van der Waals surface area contributed by atoms with Crippen LogP contribution in [-0.4, -0.2) is 31.4 Å². The fourth-order valence-corrected chi connectivity index (χ4v) is 2.58. The Morgan fingerprint density at radius 2 is 2.20 bits per heavy atom. The first-order valence-electron chi connectivity index (χ1n) is 6.35. The molecule has 8 heteroatoms. The molecule has 0 saturated heterocycles. The summed E-state index contributed by atoms with van der Waals surface area (Å²) in [6.07, 6.45) is 9.58. The number of hydrogen-bond acceptors (Lipinski definition) is 6. The Morgan fingerprint density at radius 3 is 2.80 bits per heavy atom. The Labute approximate surface area is 119 Å². The predicted octanol–water partition coefficient (Wildman–Crippen LogP) is 1.82. The van der Waals surface area contributed by atoms with E-state index < -0.39 is 15.7 Å². The molecule has 1 heterocycles. The molecule has 1 aromatic heterocycles. The molecule has 0 amide bonds. The average Bonchev–Trinajstić information content (AvgIpc) is 2.89. The normalized spacial score (nSPS) is 17.4. The molecule has 2 rings (SSSR count). The molecule has 1 fully saturated rings. The maximum absolute atomic E-state index is 11.4. The minimum atomic E-state index is -1.28. The van der Waals surface area contributed by atoms with Crippen LogP contribution in [0.4, 0.5) is 5.82 Å². The van der Waals surface area contributed by atoms with Crippen molar-refractivity contribution in [3.8, 4) is 0 Å². The largest absolute Gasteiger partial charge is 0.367 e. The number of rotatable bonds is 5. The number of hydrogen-bond donors (Lipinski definition) is 1. The van der Waals surface area contributed by atoms with Crippen molar-refractivity contribution in [1.29, 1.82) is 0 Å². The van der Waals surface area contributed by atoms with E-state index in [1.165, 1.54) is 18.5 Å². The molecule has 1 atom stereocenters. The van der Waals surface area contributed by atoms with Crippen LogP contribution in [0, 0.1) is 10.1 Å². The molecule has 0 radical (unpaired) electrons. The fraction of sp³-hybridized carbons (Fsp3) is 0.500. The third-order valence-corrected chi connectivity index (χ3v) is 3.83. The van der Waals surface area contributed by atoms with Crippen molar-refractivity contribution in [3.05, 3.63) is 28.1 Å². The average molecular weight is 296 g/mol. The van der Waals surface area contributed by atoms with Crippen LogP contribution in [0.5, 0.6) is 0 Å². The van der Waals surface area contributed by atoms with Crippen LogP contribution in [0.25, 0.3) is 6.08 Å². The zero-order valence-electron chi connectivity index (χ0n) is 11.1. The van der Waals surface area contributed by atoms with Crippen LogP contribution < -0.4 is 5.32 Å². The summed E-state index contributed by atoms with van der Waals surface area (Å²) in [5, 5.41) is 13.9. The summed E-state index contributed by atoms with van der Waals surface area (Å²) in [5.41, 5.74) is 0.530. The molecule has 1 aliphatic rings. The van der Waals surface area contributed by atoms with Gasteiger partial charge in [-0.2, -0.15) is 0 Å². The lowest BCUT2D eigenvalue weighted by atomic mass is 10.2. The predicted molar refractivity (Wildman–Crippen MR) is 76.3 cm³/mol. The monoisotopic (exact) mass is 296 g/mol. The summed E-state index contributed by atoms with van der Waals surface area (Å²) in [7, 11) is -1.28. The zero-order valence-corrected chi connectivity index (χ0v) is 11.9. The van der Waals surface area contributed by atoms with E-state index in [0.29, 0.717) is 17.4 Å². The smallest absolute Gasteiger partial charge is 0.235 e. The molecule has 1 aromatic rings. The molecule has 20 heavy (non-hydrogen) atoms. The number of nitrogens with zero attached hydrogens (tertiary/aromatic N) is 3. The van der Waals surface area contributed by atoms with Crippen molar-refractivity contribution >= 4 is 22.7 Å². The van der Waals surface area contributed by atoms with Gasteiger partial charge in [0.15, 0.2) is 0 Å². The van der Waals surface area contributed by atoms with Gasteiger partial charge in [0.05, 0.1) is 15.7 Å². The van der Waals surface area contributed by atoms with Gasteiger partial charge < -0.3 is 5.32 Å². The van der Waals surface area contributed by atoms with E-state index in [4.69, 9.17) is 0 Å². The Kier molecular flexibility index (Phi) is 4.78. The molecule has 1 saturated carbocycles. The summed E-state index contributed by atoms with van der Waals surface area (Å²) in [6, 6.07) is 0.311. The highest BCUT2D eigenvalue weighted by molar-refractivity contribution is 7.84. The van der Waals surface area contributed by atoms with E-state index >= 15 is 0 Å². The Morgan fingerprint density at radius 1 is 1.50 bits per heavy atom. The van der Waals surface area contributed by atoms with E-state index in [1.807, 2.05) is 0 Å². The van der Waals surface area contributed by atoms with Gasteiger partial charge in [-0.25, -0.2) is 9.97 Å². The summed E-state index contributed by atoms with van der Waals surface area (Å²) >= 11 is 0. The molecule has 0 aliphatic heterocycles. The second kappa shape index (κ2) is 6.56. The summed E-state index contributed by atoms with van der Waals surface area (Å²) < 4.78 is 11.4. The highest BCUT2D eigenvalue weighted by Gasteiger charge is 2.17. The molecular formula is C12H16N4O3S. The first-order valence-corrected chi connectivity index (χ1v) is 7.91. The first-order chi connectivity index (χ1) is 9.56. The van der Waals surface area contributed by atoms with E-state index in [2.05, 4.69) is 15.3 Å². The first kappa shape index (κ1) is 14.6. The molecule has 1 N–H and O–H groups in total. The van der Waals surface area contributed by atoms with E-state index in [-0.39, 0.29) is 5.16 Å². The second-order valence-electron chi connectivity index (χ2n) is 4.64. The van der Waals surface area contributed by atoms with Crippen LogP contribution in [0.2, 0.25) is 0 Å². The fourth-order valence-electron chi connectivity index (χ4n) is 2.16. The lowest BCUT2D eigenvalue weighted by molar-refractivity contribution is -0.400. The number of anilines is 1. The van der Waals surface area contributed by atoms with E-state index in [1.54, 1.807) is 0 Å². The lowest BCUT2D eigenvalue weighted by Crippen LogP contribution is -2.17. The minimum absolute atomic E-state index is 0.226. The molecule has 1 unspecified atom stereocenters. The standard InChI is InChI=1S/C12H16N4O3S/c1-20(19)12-13-8-9(6-7-16(17)18)11(15-12)14-10-4-2-3-5-10/h6-8,10H,2-5H2,1H3,(H,13,14,15)/b7-6+. The summed E-state index contributed by atoms with van der Waals surface area (Å²) in [5.74, 6) is 0.509. The third-order valence-electron chi connectivity index (χ3n) is 3.12. The van der Waals surface area contributed by atoms with Crippen LogP contribution in [0.15, 0.2) is 17.6 Å². The van der Waals surface area contributed by atoms with Crippen LogP contribution in [-0.2, 0) is 10.8 Å². The van der Waals surface area contributed by atoms with Gasteiger partial charge in [-0.1, -0.05) is 12.8 Å². The van der Waals surface area contributed by atoms with Gasteiger partial charge >= 0.3 is 0 Å². The van der Waals surface area contributed by atoms with Crippen LogP contribution in [0.1, 0.15) is 31.2 Å². The van der Waals surface area contributed by atoms with Gasteiger partial charge in [-0.05, 0) is 12.8 Å². The van der Waals surface area contributed by atoms with E-state index in [9.17, 15) is 14.3 Å². The van der Waals surface area contributed by atoms with Crippen LogP contribution in [0.3, 0.4) is 0 Å². The highest BCUT2D eigenvalue weighted by Crippen LogP contribution is 2.24. The molecule has 108 valence electrons. The van der Waals surface area contributed by atoms with Crippen molar-refractivity contribution in [2.75, 3.05) is 11.6 Å². The Bertz CT molecular complexity index is 556. The minimum Gasteiger partial charge on any atom is -0.367 e. The second-order valence-corrected chi connectivity index (χ2v) is 5.91. The molecular weight excluding hydrogens is 280 g/mol. The van der Waals surface area contributed by atoms with Crippen molar-refractivity contribution < 1.29 is 9.13 Å². The zero-order chi connectivity index (χ0) is 14.5.